The normalized spacial score (nSPS) is 30.6. The van der Waals surface area contributed by atoms with Crippen molar-refractivity contribution in [3.63, 3.8) is 0 Å². The molecule has 2 atom stereocenters. The second-order valence-corrected chi connectivity index (χ2v) is 5.04. The van der Waals surface area contributed by atoms with Gasteiger partial charge in [-0.2, -0.15) is 0 Å². The molecule has 1 amide bonds. The van der Waals surface area contributed by atoms with E-state index in [1.165, 1.54) is 6.42 Å². The SMILES string of the molecule is CC1CC1/C=C/C(=O)NCC1CCOCC1. The lowest BCUT2D eigenvalue weighted by Gasteiger charge is -2.21. The molecule has 16 heavy (non-hydrogen) atoms. The summed E-state index contributed by atoms with van der Waals surface area (Å²) in [6, 6.07) is 0. The van der Waals surface area contributed by atoms with Gasteiger partial charge in [-0.1, -0.05) is 13.0 Å². The van der Waals surface area contributed by atoms with Crippen molar-refractivity contribution in [2.75, 3.05) is 19.8 Å². The summed E-state index contributed by atoms with van der Waals surface area (Å²) in [5.74, 6) is 2.09. The van der Waals surface area contributed by atoms with Crippen LogP contribution in [-0.2, 0) is 9.53 Å². The molecule has 3 nitrogen and oxygen atoms in total. The minimum Gasteiger partial charge on any atom is -0.381 e. The predicted octanol–water partition coefficient (Wildman–Crippen LogP) is 1.74. The van der Waals surface area contributed by atoms with E-state index in [0.29, 0.717) is 11.8 Å². The van der Waals surface area contributed by atoms with Gasteiger partial charge in [0.2, 0.25) is 5.91 Å². The van der Waals surface area contributed by atoms with Gasteiger partial charge in [0.05, 0.1) is 0 Å². The third-order valence-electron chi connectivity index (χ3n) is 3.57. The largest absolute Gasteiger partial charge is 0.381 e. The molecular weight excluding hydrogens is 202 g/mol. The molecule has 1 saturated carbocycles. The van der Waals surface area contributed by atoms with Crippen LogP contribution in [0.25, 0.3) is 0 Å². The van der Waals surface area contributed by atoms with Crippen LogP contribution in [0, 0.1) is 17.8 Å². The lowest BCUT2D eigenvalue weighted by molar-refractivity contribution is -0.116. The van der Waals surface area contributed by atoms with Crippen molar-refractivity contribution >= 4 is 5.91 Å². The summed E-state index contributed by atoms with van der Waals surface area (Å²) in [4.78, 5) is 11.5. The smallest absolute Gasteiger partial charge is 0.243 e. The minimum atomic E-state index is 0.0607. The number of carbonyl (C=O) groups is 1. The van der Waals surface area contributed by atoms with E-state index < -0.39 is 0 Å². The summed E-state index contributed by atoms with van der Waals surface area (Å²) in [5, 5.41) is 2.97. The average molecular weight is 223 g/mol. The molecule has 0 aromatic rings. The van der Waals surface area contributed by atoms with Gasteiger partial charge < -0.3 is 10.1 Å². The number of nitrogens with one attached hydrogen (secondary N) is 1. The Morgan fingerprint density at radius 3 is 2.75 bits per heavy atom. The quantitative estimate of drug-likeness (QED) is 0.737. The molecule has 0 aromatic heterocycles. The second-order valence-electron chi connectivity index (χ2n) is 5.04. The Bertz CT molecular complexity index is 269. The molecular formula is C13H21NO2. The maximum Gasteiger partial charge on any atom is 0.243 e. The highest BCUT2D eigenvalue weighted by Gasteiger charge is 2.29. The van der Waals surface area contributed by atoms with Crippen LogP contribution in [0.3, 0.4) is 0 Å². The first kappa shape index (κ1) is 11.6. The standard InChI is InChI=1S/C13H21NO2/c1-10-8-12(10)2-3-13(15)14-9-11-4-6-16-7-5-11/h2-3,10-12H,4-9H2,1H3,(H,14,15)/b3-2+. The molecule has 0 bridgehead atoms. The Hall–Kier alpha value is -0.830. The van der Waals surface area contributed by atoms with Gasteiger partial charge in [0.15, 0.2) is 0 Å². The second kappa shape index (κ2) is 5.48. The molecule has 1 N–H and O–H groups in total. The van der Waals surface area contributed by atoms with Gasteiger partial charge in [-0.3, -0.25) is 4.79 Å². The van der Waals surface area contributed by atoms with Crippen LogP contribution < -0.4 is 5.32 Å². The Kier molecular flexibility index (Phi) is 3.99. The molecule has 1 aliphatic carbocycles. The zero-order valence-corrected chi connectivity index (χ0v) is 9.95. The highest BCUT2D eigenvalue weighted by atomic mass is 16.5. The van der Waals surface area contributed by atoms with Crippen molar-refractivity contribution < 1.29 is 9.53 Å². The Morgan fingerprint density at radius 1 is 1.44 bits per heavy atom. The summed E-state index contributed by atoms with van der Waals surface area (Å²) in [7, 11) is 0. The summed E-state index contributed by atoms with van der Waals surface area (Å²) < 4.78 is 5.28. The first-order chi connectivity index (χ1) is 7.75. The Balaban J connectivity index is 1.61. The van der Waals surface area contributed by atoms with Crippen molar-refractivity contribution in [1.29, 1.82) is 0 Å². The monoisotopic (exact) mass is 223 g/mol. The maximum absolute atomic E-state index is 11.5. The van der Waals surface area contributed by atoms with Crippen LogP contribution in [-0.4, -0.2) is 25.7 Å². The topological polar surface area (TPSA) is 38.3 Å². The molecule has 0 spiro atoms. The summed E-state index contributed by atoms with van der Waals surface area (Å²) in [6.07, 6.45) is 7.13. The molecule has 0 aromatic carbocycles. The number of ether oxygens (including phenoxy) is 1. The third-order valence-corrected chi connectivity index (χ3v) is 3.57. The highest BCUT2D eigenvalue weighted by molar-refractivity contribution is 5.87. The summed E-state index contributed by atoms with van der Waals surface area (Å²) in [5.41, 5.74) is 0. The molecule has 90 valence electrons. The van der Waals surface area contributed by atoms with E-state index in [0.717, 1.165) is 38.5 Å². The fraction of sp³-hybridized carbons (Fsp3) is 0.769. The number of hydrogen-bond donors (Lipinski definition) is 1. The van der Waals surface area contributed by atoms with Crippen molar-refractivity contribution in [3.8, 4) is 0 Å². The van der Waals surface area contributed by atoms with E-state index in [-0.39, 0.29) is 5.91 Å². The summed E-state index contributed by atoms with van der Waals surface area (Å²) >= 11 is 0. The zero-order valence-electron chi connectivity index (χ0n) is 9.95. The fourth-order valence-corrected chi connectivity index (χ4v) is 2.08. The van der Waals surface area contributed by atoms with Gasteiger partial charge in [-0.15, -0.1) is 0 Å². The predicted molar refractivity (Wildman–Crippen MR) is 63.0 cm³/mol. The van der Waals surface area contributed by atoms with Crippen molar-refractivity contribution in [2.45, 2.75) is 26.2 Å². The van der Waals surface area contributed by atoms with E-state index >= 15 is 0 Å². The van der Waals surface area contributed by atoms with Gasteiger partial charge in [0.25, 0.3) is 0 Å². The fourth-order valence-electron chi connectivity index (χ4n) is 2.08. The lowest BCUT2D eigenvalue weighted by Crippen LogP contribution is -2.31. The Morgan fingerprint density at radius 2 is 2.12 bits per heavy atom. The molecule has 0 radical (unpaired) electrons. The van der Waals surface area contributed by atoms with Crippen molar-refractivity contribution in [3.05, 3.63) is 12.2 Å². The van der Waals surface area contributed by atoms with Gasteiger partial charge in [0, 0.05) is 19.8 Å². The molecule has 1 saturated heterocycles. The molecule has 2 rings (SSSR count). The van der Waals surface area contributed by atoms with Gasteiger partial charge >= 0.3 is 0 Å². The molecule has 2 aliphatic rings. The van der Waals surface area contributed by atoms with Crippen LogP contribution in [0.1, 0.15) is 26.2 Å². The van der Waals surface area contributed by atoms with E-state index in [9.17, 15) is 4.79 Å². The van der Waals surface area contributed by atoms with Crippen LogP contribution in [0.4, 0.5) is 0 Å². The molecule has 2 fully saturated rings. The third kappa shape index (κ3) is 3.63. The maximum atomic E-state index is 11.5. The van der Waals surface area contributed by atoms with E-state index in [1.54, 1.807) is 6.08 Å². The number of rotatable bonds is 4. The van der Waals surface area contributed by atoms with Crippen LogP contribution in [0.2, 0.25) is 0 Å². The average Bonchev–Trinajstić information content (AvgIpc) is 3.01. The van der Waals surface area contributed by atoms with Crippen LogP contribution in [0.15, 0.2) is 12.2 Å². The zero-order chi connectivity index (χ0) is 11.4. The minimum absolute atomic E-state index is 0.0607. The van der Waals surface area contributed by atoms with Crippen LogP contribution in [0.5, 0.6) is 0 Å². The van der Waals surface area contributed by atoms with E-state index in [1.807, 2.05) is 6.08 Å². The van der Waals surface area contributed by atoms with Gasteiger partial charge in [0.1, 0.15) is 0 Å². The molecule has 3 heteroatoms. The summed E-state index contributed by atoms with van der Waals surface area (Å²) in [6.45, 7) is 4.70. The molecule has 1 aliphatic heterocycles. The van der Waals surface area contributed by atoms with E-state index in [2.05, 4.69) is 12.2 Å². The van der Waals surface area contributed by atoms with E-state index in [4.69, 9.17) is 4.74 Å². The van der Waals surface area contributed by atoms with Gasteiger partial charge in [-0.25, -0.2) is 0 Å². The number of amides is 1. The first-order valence-corrected chi connectivity index (χ1v) is 6.29. The number of carbonyl (C=O) groups excluding carboxylic acids is 1. The lowest BCUT2D eigenvalue weighted by atomic mass is 10.0. The first-order valence-electron chi connectivity index (χ1n) is 6.29. The number of hydrogen-bond acceptors (Lipinski definition) is 2. The Labute approximate surface area is 97.2 Å². The highest BCUT2D eigenvalue weighted by Crippen LogP contribution is 2.38. The van der Waals surface area contributed by atoms with Gasteiger partial charge in [-0.05, 0) is 43.1 Å². The van der Waals surface area contributed by atoms with Crippen LogP contribution >= 0.6 is 0 Å². The molecule has 2 unspecified atom stereocenters. The molecule has 1 heterocycles. The number of allylic oxidation sites excluding steroid dienone is 1. The van der Waals surface area contributed by atoms with Crippen molar-refractivity contribution in [2.24, 2.45) is 17.8 Å². The van der Waals surface area contributed by atoms with Crippen molar-refractivity contribution in [1.82, 2.24) is 5.32 Å².